The van der Waals surface area contributed by atoms with Crippen molar-refractivity contribution < 1.29 is 0 Å². The number of hydrogen-bond donors (Lipinski definition) is 1. The fourth-order valence-electron chi connectivity index (χ4n) is 2.65. The first-order valence-electron chi connectivity index (χ1n) is 7.01. The maximum Gasteiger partial charge on any atom is 0.0387 e. The molecule has 0 saturated carbocycles. The number of rotatable bonds is 3. The van der Waals surface area contributed by atoms with Crippen molar-refractivity contribution in [2.75, 3.05) is 18.4 Å². The number of para-hydroxylation sites is 1. The van der Waals surface area contributed by atoms with E-state index in [0.717, 1.165) is 25.2 Å². The molecule has 0 aliphatic carbocycles. The summed E-state index contributed by atoms with van der Waals surface area (Å²) in [4.78, 5) is 2.49. The first-order chi connectivity index (χ1) is 9.35. The molecule has 2 aromatic carbocycles. The smallest absolute Gasteiger partial charge is 0.0387 e. The van der Waals surface area contributed by atoms with E-state index in [1.807, 2.05) is 6.07 Å². The Bertz CT molecular complexity index is 548. The van der Waals surface area contributed by atoms with Crippen LogP contribution in [0.1, 0.15) is 18.1 Å². The molecule has 1 aliphatic rings. The standard InChI is InChI=1S/C17H20N2/c1-2-19-11-10-14-12-17(9-8-15(14)13-19)18-16-6-4-3-5-7-16/h3-9,12,18H,2,10-11,13H2,1H3. The van der Waals surface area contributed by atoms with Crippen LogP contribution in [0.4, 0.5) is 11.4 Å². The SMILES string of the molecule is CCN1CCc2cc(Nc3ccccc3)ccc2C1. The largest absolute Gasteiger partial charge is 0.356 e. The minimum Gasteiger partial charge on any atom is -0.356 e. The van der Waals surface area contributed by atoms with Gasteiger partial charge in [0.2, 0.25) is 0 Å². The van der Waals surface area contributed by atoms with E-state index in [4.69, 9.17) is 0 Å². The first kappa shape index (κ1) is 12.2. The van der Waals surface area contributed by atoms with Crippen molar-refractivity contribution in [3.63, 3.8) is 0 Å². The second-order valence-electron chi connectivity index (χ2n) is 5.09. The Morgan fingerprint density at radius 2 is 1.84 bits per heavy atom. The molecule has 0 aromatic heterocycles. The Balaban J connectivity index is 1.79. The number of benzene rings is 2. The van der Waals surface area contributed by atoms with Crippen LogP contribution in [0, 0.1) is 0 Å². The molecule has 2 nitrogen and oxygen atoms in total. The van der Waals surface area contributed by atoms with Gasteiger partial charge in [0, 0.05) is 24.5 Å². The van der Waals surface area contributed by atoms with Crippen molar-refractivity contribution in [2.24, 2.45) is 0 Å². The average Bonchev–Trinajstić information content (AvgIpc) is 2.48. The van der Waals surface area contributed by atoms with E-state index in [1.165, 1.54) is 23.4 Å². The lowest BCUT2D eigenvalue weighted by Crippen LogP contribution is -2.30. The highest BCUT2D eigenvalue weighted by Gasteiger charge is 2.14. The number of nitrogens with zero attached hydrogens (tertiary/aromatic N) is 1. The predicted octanol–water partition coefficient (Wildman–Crippen LogP) is 3.81. The molecule has 3 rings (SSSR count). The number of likely N-dealkylation sites (N-methyl/N-ethyl adjacent to an activating group) is 1. The van der Waals surface area contributed by atoms with Gasteiger partial charge in [-0.1, -0.05) is 31.2 Å². The van der Waals surface area contributed by atoms with Crippen LogP contribution < -0.4 is 5.32 Å². The predicted molar refractivity (Wildman–Crippen MR) is 80.8 cm³/mol. The van der Waals surface area contributed by atoms with Crippen LogP contribution in [0.5, 0.6) is 0 Å². The molecular formula is C17H20N2. The van der Waals surface area contributed by atoms with Gasteiger partial charge in [-0.25, -0.2) is 0 Å². The summed E-state index contributed by atoms with van der Waals surface area (Å²) < 4.78 is 0. The molecule has 0 radical (unpaired) electrons. The molecule has 1 aliphatic heterocycles. The molecule has 0 saturated heterocycles. The summed E-state index contributed by atoms with van der Waals surface area (Å²) in [7, 11) is 0. The highest BCUT2D eigenvalue weighted by atomic mass is 15.1. The van der Waals surface area contributed by atoms with Crippen LogP contribution in [0.2, 0.25) is 0 Å². The highest BCUT2D eigenvalue weighted by Crippen LogP contribution is 2.24. The van der Waals surface area contributed by atoms with Gasteiger partial charge in [-0.2, -0.15) is 0 Å². The summed E-state index contributed by atoms with van der Waals surface area (Å²) in [6, 6.07) is 17.1. The summed E-state index contributed by atoms with van der Waals surface area (Å²) in [5.74, 6) is 0. The van der Waals surface area contributed by atoms with E-state index in [2.05, 4.69) is 59.6 Å². The summed E-state index contributed by atoms with van der Waals surface area (Å²) >= 11 is 0. The van der Waals surface area contributed by atoms with E-state index >= 15 is 0 Å². The molecule has 0 atom stereocenters. The topological polar surface area (TPSA) is 15.3 Å². The van der Waals surface area contributed by atoms with Crippen molar-refractivity contribution >= 4 is 11.4 Å². The second kappa shape index (κ2) is 5.45. The van der Waals surface area contributed by atoms with Crippen molar-refractivity contribution in [1.29, 1.82) is 0 Å². The first-order valence-corrected chi connectivity index (χ1v) is 7.01. The Hall–Kier alpha value is -1.80. The van der Waals surface area contributed by atoms with Crippen molar-refractivity contribution in [2.45, 2.75) is 19.9 Å². The molecule has 98 valence electrons. The molecule has 1 heterocycles. The molecule has 1 N–H and O–H groups in total. The van der Waals surface area contributed by atoms with Crippen LogP contribution in [0.15, 0.2) is 48.5 Å². The number of fused-ring (bicyclic) bond motifs is 1. The van der Waals surface area contributed by atoms with Gasteiger partial charge in [-0.3, -0.25) is 4.90 Å². The van der Waals surface area contributed by atoms with E-state index in [9.17, 15) is 0 Å². The van der Waals surface area contributed by atoms with E-state index in [0.29, 0.717) is 0 Å². The molecule has 2 heteroatoms. The Morgan fingerprint density at radius 3 is 2.63 bits per heavy atom. The van der Waals surface area contributed by atoms with Gasteiger partial charge in [0.25, 0.3) is 0 Å². The van der Waals surface area contributed by atoms with Gasteiger partial charge in [0.1, 0.15) is 0 Å². The van der Waals surface area contributed by atoms with E-state index in [-0.39, 0.29) is 0 Å². The third-order valence-electron chi connectivity index (χ3n) is 3.81. The summed E-state index contributed by atoms with van der Waals surface area (Å²) in [6.07, 6.45) is 1.16. The van der Waals surface area contributed by atoms with Crippen molar-refractivity contribution in [3.05, 3.63) is 59.7 Å². The van der Waals surface area contributed by atoms with Gasteiger partial charge < -0.3 is 5.32 Å². The Morgan fingerprint density at radius 1 is 1.00 bits per heavy atom. The zero-order valence-corrected chi connectivity index (χ0v) is 11.4. The van der Waals surface area contributed by atoms with Crippen molar-refractivity contribution in [1.82, 2.24) is 4.90 Å². The Kier molecular flexibility index (Phi) is 3.51. The number of nitrogens with one attached hydrogen (secondary N) is 1. The molecule has 0 fully saturated rings. The molecule has 0 amide bonds. The van der Waals surface area contributed by atoms with Crippen LogP contribution in [0.3, 0.4) is 0 Å². The molecule has 0 spiro atoms. The molecular weight excluding hydrogens is 232 g/mol. The van der Waals surface area contributed by atoms with Crippen LogP contribution in [-0.2, 0) is 13.0 Å². The zero-order valence-electron chi connectivity index (χ0n) is 11.4. The summed E-state index contributed by atoms with van der Waals surface area (Å²) in [5, 5.41) is 3.47. The van der Waals surface area contributed by atoms with Crippen LogP contribution >= 0.6 is 0 Å². The lowest BCUT2D eigenvalue weighted by molar-refractivity contribution is 0.268. The van der Waals surface area contributed by atoms with Gasteiger partial charge in [0.15, 0.2) is 0 Å². The molecule has 19 heavy (non-hydrogen) atoms. The van der Waals surface area contributed by atoms with Crippen molar-refractivity contribution in [3.8, 4) is 0 Å². The lowest BCUT2D eigenvalue weighted by Gasteiger charge is -2.27. The fourth-order valence-corrected chi connectivity index (χ4v) is 2.65. The quantitative estimate of drug-likeness (QED) is 0.893. The second-order valence-corrected chi connectivity index (χ2v) is 5.09. The van der Waals surface area contributed by atoms with E-state index in [1.54, 1.807) is 0 Å². The third kappa shape index (κ3) is 2.79. The summed E-state index contributed by atoms with van der Waals surface area (Å²) in [5.41, 5.74) is 5.31. The molecule has 0 bridgehead atoms. The van der Waals surface area contributed by atoms with Gasteiger partial charge in [-0.15, -0.1) is 0 Å². The fraction of sp³-hybridized carbons (Fsp3) is 0.294. The maximum atomic E-state index is 3.47. The lowest BCUT2D eigenvalue weighted by atomic mass is 9.99. The minimum absolute atomic E-state index is 1.09. The Labute approximate surface area is 115 Å². The molecule has 2 aromatic rings. The van der Waals surface area contributed by atoms with Gasteiger partial charge in [-0.05, 0) is 48.4 Å². The van der Waals surface area contributed by atoms with Crippen LogP contribution in [-0.4, -0.2) is 18.0 Å². The van der Waals surface area contributed by atoms with Gasteiger partial charge >= 0.3 is 0 Å². The monoisotopic (exact) mass is 252 g/mol. The number of hydrogen-bond acceptors (Lipinski definition) is 2. The zero-order chi connectivity index (χ0) is 13.1. The minimum atomic E-state index is 1.09. The molecule has 0 unspecified atom stereocenters. The van der Waals surface area contributed by atoms with Crippen LogP contribution in [0.25, 0.3) is 0 Å². The highest BCUT2D eigenvalue weighted by molar-refractivity contribution is 5.61. The number of anilines is 2. The summed E-state index contributed by atoms with van der Waals surface area (Å²) in [6.45, 7) is 5.65. The van der Waals surface area contributed by atoms with Gasteiger partial charge in [0.05, 0.1) is 0 Å². The maximum absolute atomic E-state index is 3.47. The average molecular weight is 252 g/mol. The van der Waals surface area contributed by atoms with E-state index < -0.39 is 0 Å². The third-order valence-corrected chi connectivity index (χ3v) is 3.81. The normalized spacial score (nSPS) is 15.0.